The number of hydrogen-bond acceptors (Lipinski definition) is 2. The largest absolute Gasteiger partial charge is 0.428 e. The van der Waals surface area contributed by atoms with Crippen LogP contribution in [0, 0.1) is 0 Å². The molecule has 1 aromatic carbocycles. The fourth-order valence-corrected chi connectivity index (χ4v) is 1.37. The molecule has 0 saturated heterocycles. The maximum atomic E-state index is 10.1. The van der Waals surface area contributed by atoms with E-state index < -0.39 is 0 Å². The zero-order valence-electron chi connectivity index (χ0n) is 6.69. The SMILES string of the molecule is O=COc1ccccc1C1CC1. The van der Waals surface area contributed by atoms with Crippen LogP contribution in [0.25, 0.3) is 0 Å². The Morgan fingerprint density at radius 2 is 2.08 bits per heavy atom. The lowest BCUT2D eigenvalue weighted by atomic mass is 10.1. The van der Waals surface area contributed by atoms with Crippen LogP contribution in [0.2, 0.25) is 0 Å². The van der Waals surface area contributed by atoms with Gasteiger partial charge in [-0.3, -0.25) is 4.79 Å². The molecule has 0 bridgehead atoms. The Kier molecular flexibility index (Phi) is 1.82. The van der Waals surface area contributed by atoms with Gasteiger partial charge in [-0.2, -0.15) is 0 Å². The van der Waals surface area contributed by atoms with Gasteiger partial charge < -0.3 is 4.74 Å². The summed E-state index contributed by atoms with van der Waals surface area (Å²) in [7, 11) is 0. The molecule has 2 rings (SSSR count). The molecule has 0 unspecified atom stereocenters. The predicted octanol–water partition coefficient (Wildman–Crippen LogP) is 2.10. The zero-order chi connectivity index (χ0) is 8.39. The molecule has 0 aliphatic heterocycles. The Morgan fingerprint density at radius 3 is 2.75 bits per heavy atom. The van der Waals surface area contributed by atoms with Crippen LogP contribution in [0.4, 0.5) is 0 Å². The van der Waals surface area contributed by atoms with Gasteiger partial charge >= 0.3 is 0 Å². The molecule has 2 heteroatoms. The molecule has 0 heterocycles. The van der Waals surface area contributed by atoms with Gasteiger partial charge in [-0.05, 0) is 30.4 Å². The molecule has 0 spiro atoms. The van der Waals surface area contributed by atoms with E-state index in [2.05, 4.69) is 0 Å². The highest BCUT2D eigenvalue weighted by molar-refractivity contribution is 5.49. The third kappa shape index (κ3) is 1.33. The molecule has 1 aliphatic rings. The van der Waals surface area contributed by atoms with Crippen LogP contribution >= 0.6 is 0 Å². The highest BCUT2D eigenvalue weighted by Crippen LogP contribution is 2.43. The van der Waals surface area contributed by atoms with Gasteiger partial charge in [0.1, 0.15) is 5.75 Å². The molecular weight excluding hydrogens is 152 g/mol. The van der Waals surface area contributed by atoms with Gasteiger partial charge in [-0.1, -0.05) is 18.2 Å². The number of ether oxygens (including phenoxy) is 1. The third-order valence-corrected chi connectivity index (χ3v) is 2.11. The van der Waals surface area contributed by atoms with Crippen molar-refractivity contribution in [2.75, 3.05) is 0 Å². The normalized spacial score (nSPS) is 15.7. The van der Waals surface area contributed by atoms with Crippen molar-refractivity contribution in [2.24, 2.45) is 0 Å². The molecule has 1 aromatic rings. The second kappa shape index (κ2) is 2.97. The van der Waals surface area contributed by atoms with Crippen LogP contribution in [0.3, 0.4) is 0 Å². The minimum atomic E-state index is 0.487. The Labute approximate surface area is 71.2 Å². The van der Waals surface area contributed by atoms with Crippen molar-refractivity contribution in [1.82, 2.24) is 0 Å². The average molecular weight is 162 g/mol. The fourth-order valence-electron chi connectivity index (χ4n) is 1.37. The summed E-state index contributed by atoms with van der Waals surface area (Å²) in [5, 5.41) is 0. The van der Waals surface area contributed by atoms with E-state index in [1.165, 1.54) is 18.4 Å². The Bertz CT molecular complexity index is 290. The number of rotatable bonds is 3. The van der Waals surface area contributed by atoms with Gasteiger partial charge in [0.2, 0.25) is 0 Å². The zero-order valence-corrected chi connectivity index (χ0v) is 6.69. The van der Waals surface area contributed by atoms with Crippen molar-refractivity contribution in [3.63, 3.8) is 0 Å². The van der Waals surface area contributed by atoms with Gasteiger partial charge in [0.05, 0.1) is 0 Å². The van der Waals surface area contributed by atoms with Crippen molar-refractivity contribution in [1.29, 1.82) is 0 Å². The number of benzene rings is 1. The first kappa shape index (κ1) is 7.35. The first-order chi connectivity index (χ1) is 5.92. The Hall–Kier alpha value is -1.31. The molecule has 0 amide bonds. The molecule has 12 heavy (non-hydrogen) atoms. The maximum Gasteiger partial charge on any atom is 0.298 e. The summed E-state index contributed by atoms with van der Waals surface area (Å²) < 4.78 is 4.86. The second-order valence-electron chi connectivity index (χ2n) is 3.03. The van der Waals surface area contributed by atoms with E-state index in [0.29, 0.717) is 12.4 Å². The number of hydrogen-bond donors (Lipinski definition) is 0. The summed E-state index contributed by atoms with van der Waals surface area (Å²) in [6, 6.07) is 7.72. The summed E-state index contributed by atoms with van der Waals surface area (Å²) in [5.74, 6) is 1.34. The minimum absolute atomic E-state index is 0.487. The highest BCUT2D eigenvalue weighted by atomic mass is 16.5. The maximum absolute atomic E-state index is 10.1. The Morgan fingerprint density at radius 1 is 1.33 bits per heavy atom. The van der Waals surface area contributed by atoms with E-state index in [-0.39, 0.29) is 0 Å². The van der Waals surface area contributed by atoms with Crippen LogP contribution in [-0.4, -0.2) is 6.47 Å². The van der Waals surface area contributed by atoms with Crippen LogP contribution in [0.1, 0.15) is 24.3 Å². The van der Waals surface area contributed by atoms with Gasteiger partial charge in [0, 0.05) is 0 Å². The lowest BCUT2D eigenvalue weighted by molar-refractivity contribution is -0.120. The van der Waals surface area contributed by atoms with Crippen molar-refractivity contribution in [2.45, 2.75) is 18.8 Å². The summed E-state index contributed by atoms with van der Waals surface area (Å²) in [6.07, 6.45) is 2.44. The standard InChI is InChI=1S/C10H10O2/c11-7-12-10-4-2-1-3-9(10)8-5-6-8/h1-4,7-8H,5-6H2. The number of carbonyl (C=O) groups is 1. The van der Waals surface area contributed by atoms with Crippen molar-refractivity contribution < 1.29 is 9.53 Å². The van der Waals surface area contributed by atoms with Gasteiger partial charge in [-0.25, -0.2) is 0 Å². The smallest absolute Gasteiger partial charge is 0.298 e. The molecule has 1 saturated carbocycles. The van der Waals surface area contributed by atoms with E-state index >= 15 is 0 Å². The van der Waals surface area contributed by atoms with E-state index in [9.17, 15) is 4.79 Å². The van der Waals surface area contributed by atoms with Crippen molar-refractivity contribution >= 4 is 6.47 Å². The molecule has 0 aromatic heterocycles. The minimum Gasteiger partial charge on any atom is -0.428 e. The molecule has 0 radical (unpaired) electrons. The van der Waals surface area contributed by atoms with E-state index in [1.807, 2.05) is 24.3 Å². The van der Waals surface area contributed by atoms with Gasteiger partial charge in [0.15, 0.2) is 0 Å². The van der Waals surface area contributed by atoms with E-state index in [0.717, 1.165) is 5.75 Å². The van der Waals surface area contributed by atoms with Gasteiger partial charge in [0.25, 0.3) is 6.47 Å². The third-order valence-electron chi connectivity index (χ3n) is 2.11. The molecule has 2 nitrogen and oxygen atoms in total. The topological polar surface area (TPSA) is 26.3 Å². The summed E-state index contributed by atoms with van der Waals surface area (Å²) >= 11 is 0. The van der Waals surface area contributed by atoms with Crippen LogP contribution in [0.15, 0.2) is 24.3 Å². The fraction of sp³-hybridized carbons (Fsp3) is 0.300. The summed E-state index contributed by atoms with van der Waals surface area (Å²) in [4.78, 5) is 10.1. The molecule has 62 valence electrons. The Balaban J connectivity index is 2.29. The molecule has 1 aliphatic carbocycles. The first-order valence-corrected chi connectivity index (χ1v) is 4.11. The van der Waals surface area contributed by atoms with Gasteiger partial charge in [-0.15, -0.1) is 0 Å². The van der Waals surface area contributed by atoms with E-state index in [1.54, 1.807) is 0 Å². The number of carbonyl (C=O) groups excluding carboxylic acids is 1. The van der Waals surface area contributed by atoms with Crippen LogP contribution < -0.4 is 4.74 Å². The monoisotopic (exact) mass is 162 g/mol. The molecular formula is C10H10O2. The second-order valence-corrected chi connectivity index (χ2v) is 3.03. The molecule has 1 fully saturated rings. The lowest BCUT2D eigenvalue weighted by Crippen LogP contribution is -1.92. The molecule has 0 N–H and O–H groups in total. The summed E-state index contributed by atoms with van der Waals surface area (Å²) in [6.45, 7) is 0.487. The number of para-hydroxylation sites is 1. The van der Waals surface area contributed by atoms with E-state index in [4.69, 9.17) is 4.74 Å². The molecule has 0 atom stereocenters. The predicted molar refractivity (Wildman–Crippen MR) is 45.1 cm³/mol. The van der Waals surface area contributed by atoms with Crippen LogP contribution in [0.5, 0.6) is 5.75 Å². The van der Waals surface area contributed by atoms with Crippen molar-refractivity contribution in [3.8, 4) is 5.75 Å². The lowest BCUT2D eigenvalue weighted by Gasteiger charge is -2.03. The van der Waals surface area contributed by atoms with Crippen LogP contribution in [-0.2, 0) is 4.79 Å². The quantitative estimate of drug-likeness (QED) is 0.636. The van der Waals surface area contributed by atoms with Crippen molar-refractivity contribution in [3.05, 3.63) is 29.8 Å². The highest BCUT2D eigenvalue weighted by Gasteiger charge is 2.26. The first-order valence-electron chi connectivity index (χ1n) is 4.11. The average Bonchev–Trinajstić information content (AvgIpc) is 2.89. The summed E-state index contributed by atoms with van der Waals surface area (Å²) in [5.41, 5.74) is 1.17.